The number of carbonyl (C=O) groups excluding carboxylic acids is 1. The summed E-state index contributed by atoms with van der Waals surface area (Å²) < 4.78 is 15.1. The van der Waals surface area contributed by atoms with Gasteiger partial charge in [0.15, 0.2) is 16.8 Å². The van der Waals surface area contributed by atoms with Crippen molar-refractivity contribution in [3.05, 3.63) is 33.7 Å². The summed E-state index contributed by atoms with van der Waals surface area (Å²) in [5.41, 5.74) is -0.761. The molecule has 22 heavy (non-hydrogen) atoms. The number of phenols is 1. The largest absolute Gasteiger partial charge is 0.502 e. The molecule has 0 saturated carbocycles. The molecule has 7 nitrogen and oxygen atoms in total. The zero-order valence-electron chi connectivity index (χ0n) is 12.4. The van der Waals surface area contributed by atoms with Crippen LogP contribution in [0, 0.1) is 0 Å². The highest BCUT2D eigenvalue weighted by Gasteiger charge is 2.22. The van der Waals surface area contributed by atoms with Crippen molar-refractivity contribution in [2.45, 2.75) is 19.4 Å². The molecule has 0 saturated heterocycles. The van der Waals surface area contributed by atoms with Crippen molar-refractivity contribution in [2.24, 2.45) is 0 Å². The topological polar surface area (TPSA) is 106 Å². The molecule has 118 valence electrons. The molecule has 2 N–H and O–H groups in total. The number of carbonyl (C=O) groups is 1. The van der Waals surface area contributed by atoms with Crippen molar-refractivity contribution in [2.75, 3.05) is 14.2 Å². The molecule has 2 aromatic rings. The van der Waals surface area contributed by atoms with Crippen LogP contribution in [0.25, 0.3) is 11.0 Å². The van der Waals surface area contributed by atoms with Crippen LogP contribution in [0.4, 0.5) is 0 Å². The van der Waals surface area contributed by atoms with Crippen LogP contribution in [0.15, 0.2) is 21.3 Å². The van der Waals surface area contributed by atoms with Crippen molar-refractivity contribution < 1.29 is 28.9 Å². The van der Waals surface area contributed by atoms with Gasteiger partial charge in [-0.05, 0) is 13.0 Å². The predicted octanol–water partition coefficient (Wildman–Crippen LogP) is 1.22. The van der Waals surface area contributed by atoms with Gasteiger partial charge in [-0.25, -0.2) is 4.79 Å². The Morgan fingerprint density at radius 1 is 1.36 bits per heavy atom. The molecule has 1 aromatic heterocycles. The van der Waals surface area contributed by atoms with Crippen LogP contribution in [0.3, 0.4) is 0 Å². The van der Waals surface area contributed by atoms with Gasteiger partial charge in [-0.3, -0.25) is 4.79 Å². The Bertz CT molecular complexity index is 774. The van der Waals surface area contributed by atoms with E-state index in [1.807, 2.05) is 0 Å². The minimum Gasteiger partial charge on any atom is -0.502 e. The zero-order chi connectivity index (χ0) is 16.4. The number of ether oxygens (including phenoxy) is 2. The summed E-state index contributed by atoms with van der Waals surface area (Å²) in [6.07, 6.45) is -0.636. The van der Waals surface area contributed by atoms with Crippen LogP contribution in [-0.2, 0) is 11.2 Å². The number of fused-ring (bicyclic) bond motifs is 1. The molecule has 0 aliphatic rings. The average molecular weight is 308 g/mol. The first-order chi connectivity index (χ1) is 10.4. The van der Waals surface area contributed by atoms with E-state index in [-0.39, 0.29) is 34.5 Å². The van der Waals surface area contributed by atoms with Crippen molar-refractivity contribution in [3.63, 3.8) is 0 Å². The number of aliphatic hydroxyl groups is 1. The average Bonchev–Trinajstić information content (AvgIpc) is 2.46. The van der Waals surface area contributed by atoms with Gasteiger partial charge in [0.2, 0.25) is 5.75 Å². The van der Waals surface area contributed by atoms with Crippen LogP contribution in [0.5, 0.6) is 11.5 Å². The van der Waals surface area contributed by atoms with E-state index < -0.39 is 23.3 Å². The molecule has 1 atom stereocenters. The number of benzene rings is 1. The smallest absolute Gasteiger partial charge is 0.338 e. The lowest BCUT2D eigenvalue weighted by Gasteiger charge is -2.11. The van der Waals surface area contributed by atoms with Crippen LogP contribution in [0.1, 0.15) is 23.0 Å². The number of rotatable bonds is 4. The van der Waals surface area contributed by atoms with Crippen molar-refractivity contribution >= 4 is 16.9 Å². The van der Waals surface area contributed by atoms with E-state index in [0.717, 1.165) is 0 Å². The molecule has 2 rings (SSSR count). The Hall–Kier alpha value is -2.54. The second kappa shape index (κ2) is 6.07. The Kier molecular flexibility index (Phi) is 4.37. The number of phenolic OH excluding ortho intramolecular Hbond substituents is 1. The third-order valence-corrected chi connectivity index (χ3v) is 3.11. The molecule has 1 unspecified atom stereocenters. The fourth-order valence-electron chi connectivity index (χ4n) is 2.17. The lowest BCUT2D eigenvalue weighted by molar-refractivity contribution is 0.0602. The molecule has 0 aliphatic carbocycles. The second-order valence-corrected chi connectivity index (χ2v) is 4.80. The third kappa shape index (κ3) is 2.75. The normalized spacial score (nSPS) is 12.2. The molecule has 1 aromatic carbocycles. The van der Waals surface area contributed by atoms with E-state index in [9.17, 15) is 19.8 Å². The lowest BCUT2D eigenvalue weighted by Crippen LogP contribution is -2.13. The predicted molar refractivity (Wildman–Crippen MR) is 77.4 cm³/mol. The van der Waals surface area contributed by atoms with Crippen LogP contribution >= 0.6 is 0 Å². The van der Waals surface area contributed by atoms with E-state index in [2.05, 4.69) is 4.74 Å². The molecule has 0 aliphatic heterocycles. The van der Waals surface area contributed by atoms with Gasteiger partial charge in [0.25, 0.3) is 0 Å². The lowest BCUT2D eigenvalue weighted by atomic mass is 10.1. The molecule has 0 amide bonds. The van der Waals surface area contributed by atoms with Gasteiger partial charge in [0.1, 0.15) is 5.76 Å². The Labute approximate surface area is 125 Å². The first-order valence-electron chi connectivity index (χ1n) is 6.52. The molecular formula is C15H16O7. The molecular weight excluding hydrogens is 292 g/mol. The summed E-state index contributed by atoms with van der Waals surface area (Å²) in [6.45, 7) is 1.54. The number of hydrogen-bond donors (Lipinski definition) is 2. The SMILES string of the molecule is COC(=O)c1cc(OC)c(O)c2oc(CC(C)O)cc(=O)c12. The monoisotopic (exact) mass is 308 g/mol. The summed E-state index contributed by atoms with van der Waals surface area (Å²) in [7, 11) is 2.48. The first kappa shape index (κ1) is 15.8. The van der Waals surface area contributed by atoms with E-state index in [0.29, 0.717) is 0 Å². The minimum atomic E-state index is -0.751. The van der Waals surface area contributed by atoms with Crippen molar-refractivity contribution in [3.8, 4) is 11.5 Å². The van der Waals surface area contributed by atoms with E-state index >= 15 is 0 Å². The fourth-order valence-corrected chi connectivity index (χ4v) is 2.17. The molecule has 0 radical (unpaired) electrons. The van der Waals surface area contributed by atoms with Gasteiger partial charge in [-0.2, -0.15) is 0 Å². The van der Waals surface area contributed by atoms with Crippen molar-refractivity contribution in [1.29, 1.82) is 0 Å². The van der Waals surface area contributed by atoms with Crippen LogP contribution in [0.2, 0.25) is 0 Å². The maximum atomic E-state index is 12.3. The maximum Gasteiger partial charge on any atom is 0.338 e. The van der Waals surface area contributed by atoms with Gasteiger partial charge in [-0.1, -0.05) is 0 Å². The first-order valence-corrected chi connectivity index (χ1v) is 6.52. The minimum absolute atomic E-state index is 0.0229. The molecule has 0 bridgehead atoms. The highest BCUT2D eigenvalue weighted by Crippen LogP contribution is 2.36. The summed E-state index contributed by atoms with van der Waals surface area (Å²) in [6, 6.07) is 2.39. The van der Waals surface area contributed by atoms with Crippen LogP contribution in [-0.4, -0.2) is 36.5 Å². The summed E-state index contributed by atoms with van der Waals surface area (Å²) in [5, 5.41) is 19.4. The highest BCUT2D eigenvalue weighted by molar-refractivity contribution is 6.05. The summed E-state index contributed by atoms with van der Waals surface area (Å²) in [4.78, 5) is 24.1. The van der Waals surface area contributed by atoms with Gasteiger partial charge < -0.3 is 24.1 Å². The molecule has 1 heterocycles. The van der Waals surface area contributed by atoms with Gasteiger partial charge in [-0.15, -0.1) is 0 Å². The Balaban J connectivity index is 2.85. The molecule has 7 heteroatoms. The fraction of sp³-hybridized carbons (Fsp3) is 0.333. The number of hydrogen-bond acceptors (Lipinski definition) is 7. The van der Waals surface area contributed by atoms with Gasteiger partial charge >= 0.3 is 5.97 Å². The van der Waals surface area contributed by atoms with E-state index in [4.69, 9.17) is 9.15 Å². The maximum absolute atomic E-state index is 12.3. The molecule has 0 spiro atoms. The summed E-state index contributed by atoms with van der Waals surface area (Å²) >= 11 is 0. The number of aromatic hydroxyl groups is 1. The number of aliphatic hydroxyl groups excluding tert-OH is 1. The van der Waals surface area contributed by atoms with Gasteiger partial charge in [0.05, 0.1) is 31.3 Å². The van der Waals surface area contributed by atoms with E-state index in [1.165, 1.54) is 33.3 Å². The highest BCUT2D eigenvalue weighted by atomic mass is 16.5. The van der Waals surface area contributed by atoms with E-state index in [1.54, 1.807) is 0 Å². The zero-order valence-corrected chi connectivity index (χ0v) is 12.4. The standard InChI is InChI=1S/C15H16O7/c1-7(16)4-8-5-10(17)12-9(15(19)21-3)6-11(20-2)13(18)14(12)22-8/h5-7,16,18H,4H2,1-3H3. The van der Waals surface area contributed by atoms with Gasteiger partial charge in [0, 0.05) is 12.5 Å². The number of methoxy groups -OCH3 is 2. The van der Waals surface area contributed by atoms with Crippen LogP contribution < -0.4 is 10.2 Å². The third-order valence-electron chi connectivity index (χ3n) is 3.11. The number of esters is 1. The van der Waals surface area contributed by atoms with Crippen molar-refractivity contribution in [1.82, 2.24) is 0 Å². The second-order valence-electron chi connectivity index (χ2n) is 4.80. The Morgan fingerprint density at radius 3 is 2.59 bits per heavy atom. The summed E-state index contributed by atoms with van der Waals surface area (Å²) in [5.74, 6) is -0.981. The Morgan fingerprint density at radius 2 is 2.05 bits per heavy atom. The quantitative estimate of drug-likeness (QED) is 0.818. The molecule has 0 fully saturated rings.